The molecule has 18 heavy (non-hydrogen) atoms. The Morgan fingerprint density at radius 1 is 1.33 bits per heavy atom. The molecular weight excluding hydrogens is 250 g/mol. The Kier molecular flexibility index (Phi) is 5.71. The van der Waals surface area contributed by atoms with Gasteiger partial charge in [0.15, 0.2) is 0 Å². The number of carbonyl (C=O) groups is 2. The van der Waals surface area contributed by atoms with Crippen molar-refractivity contribution in [2.24, 2.45) is 0 Å². The summed E-state index contributed by atoms with van der Waals surface area (Å²) in [5, 5.41) is 10.6. The molecule has 0 spiro atoms. The van der Waals surface area contributed by atoms with Crippen molar-refractivity contribution in [1.29, 1.82) is 0 Å². The number of amides is 1. The average Bonchev–Trinajstić information content (AvgIpc) is 2.34. The number of nitrogens with one attached hydrogen (secondary N) is 1. The van der Waals surface area contributed by atoms with E-state index >= 15 is 0 Å². The smallest absolute Gasteiger partial charge is 0.322 e. The van der Waals surface area contributed by atoms with Crippen LogP contribution >= 0.6 is 11.8 Å². The van der Waals surface area contributed by atoms with E-state index in [4.69, 9.17) is 5.11 Å². The van der Waals surface area contributed by atoms with Crippen molar-refractivity contribution < 1.29 is 14.7 Å². The summed E-state index contributed by atoms with van der Waals surface area (Å²) < 4.78 is 0. The molecular formula is C13H17NO3S. The molecule has 0 aliphatic rings. The zero-order chi connectivity index (χ0) is 13.5. The number of carboxylic acid groups (broad SMARTS) is 1. The van der Waals surface area contributed by atoms with Crippen LogP contribution in [-0.2, 0) is 15.3 Å². The predicted molar refractivity (Wildman–Crippen MR) is 72.6 cm³/mol. The number of hydrogen-bond acceptors (Lipinski definition) is 3. The first-order valence-corrected chi connectivity index (χ1v) is 6.70. The lowest BCUT2D eigenvalue weighted by molar-refractivity contribution is -0.137. The summed E-state index contributed by atoms with van der Waals surface area (Å²) in [6, 6.07) is 8.13. The van der Waals surface area contributed by atoms with Gasteiger partial charge in [0.25, 0.3) is 0 Å². The summed E-state index contributed by atoms with van der Waals surface area (Å²) in [5.74, 6) is -0.532. The van der Waals surface area contributed by atoms with Gasteiger partial charge >= 0.3 is 5.97 Å². The van der Waals surface area contributed by atoms with Gasteiger partial charge in [-0.2, -0.15) is 0 Å². The van der Waals surface area contributed by atoms with Gasteiger partial charge in [0.05, 0.1) is 5.25 Å². The van der Waals surface area contributed by atoms with E-state index in [1.165, 1.54) is 17.3 Å². The van der Waals surface area contributed by atoms with Crippen molar-refractivity contribution in [1.82, 2.24) is 5.32 Å². The molecule has 1 atom stereocenters. The molecule has 1 unspecified atom stereocenters. The molecule has 1 rings (SSSR count). The van der Waals surface area contributed by atoms with Crippen molar-refractivity contribution in [3.05, 3.63) is 35.4 Å². The quantitative estimate of drug-likeness (QED) is 0.825. The summed E-state index contributed by atoms with van der Waals surface area (Å²) in [5.41, 5.74) is 2.36. The first-order chi connectivity index (χ1) is 8.49. The van der Waals surface area contributed by atoms with Gasteiger partial charge in [-0.15, -0.1) is 11.8 Å². The van der Waals surface area contributed by atoms with Crippen molar-refractivity contribution in [2.75, 3.05) is 6.54 Å². The van der Waals surface area contributed by atoms with Crippen LogP contribution in [0.4, 0.5) is 0 Å². The zero-order valence-electron chi connectivity index (χ0n) is 10.5. The second-order valence-corrected chi connectivity index (χ2v) is 5.38. The van der Waals surface area contributed by atoms with Gasteiger partial charge < -0.3 is 10.4 Å². The van der Waals surface area contributed by atoms with Gasteiger partial charge in [-0.05, 0) is 19.4 Å². The number of thioether (sulfide) groups is 1. The van der Waals surface area contributed by atoms with E-state index in [-0.39, 0.29) is 17.7 Å². The van der Waals surface area contributed by atoms with Gasteiger partial charge in [-0.3, -0.25) is 9.59 Å². The van der Waals surface area contributed by atoms with E-state index in [2.05, 4.69) is 5.32 Å². The Morgan fingerprint density at radius 3 is 2.50 bits per heavy atom. The molecule has 0 radical (unpaired) electrons. The van der Waals surface area contributed by atoms with Crippen LogP contribution in [0.2, 0.25) is 0 Å². The number of carboxylic acids is 1. The second-order valence-electron chi connectivity index (χ2n) is 4.05. The van der Waals surface area contributed by atoms with Crippen LogP contribution in [0.25, 0.3) is 0 Å². The predicted octanol–water partition coefficient (Wildman–Crippen LogP) is 1.82. The van der Waals surface area contributed by atoms with E-state index in [0.717, 1.165) is 11.3 Å². The Morgan fingerprint density at radius 2 is 1.94 bits per heavy atom. The summed E-state index contributed by atoms with van der Waals surface area (Å²) in [6.07, 6.45) is 0. The number of hydrogen-bond donors (Lipinski definition) is 2. The molecule has 0 bridgehead atoms. The van der Waals surface area contributed by atoms with E-state index in [9.17, 15) is 9.59 Å². The van der Waals surface area contributed by atoms with E-state index < -0.39 is 5.97 Å². The minimum absolute atomic E-state index is 0.241. The fourth-order valence-corrected chi connectivity index (χ4v) is 2.16. The monoisotopic (exact) mass is 267 g/mol. The van der Waals surface area contributed by atoms with Crippen LogP contribution in [0.1, 0.15) is 18.1 Å². The highest BCUT2D eigenvalue weighted by Gasteiger charge is 2.13. The van der Waals surface area contributed by atoms with Crippen LogP contribution in [0.3, 0.4) is 0 Å². The minimum atomic E-state index is -1.03. The van der Waals surface area contributed by atoms with Crippen molar-refractivity contribution in [3.63, 3.8) is 0 Å². The lowest BCUT2D eigenvalue weighted by Crippen LogP contribution is -2.34. The van der Waals surface area contributed by atoms with Gasteiger partial charge in [0, 0.05) is 5.75 Å². The van der Waals surface area contributed by atoms with Gasteiger partial charge in [-0.1, -0.05) is 29.8 Å². The van der Waals surface area contributed by atoms with E-state index in [1.54, 1.807) is 6.92 Å². The first kappa shape index (κ1) is 14.6. The molecule has 0 saturated heterocycles. The molecule has 0 heterocycles. The summed E-state index contributed by atoms with van der Waals surface area (Å²) in [6.45, 7) is 3.48. The van der Waals surface area contributed by atoms with Crippen LogP contribution < -0.4 is 5.32 Å². The van der Waals surface area contributed by atoms with Gasteiger partial charge in [0.1, 0.15) is 6.54 Å². The molecule has 1 aromatic carbocycles. The molecule has 2 N–H and O–H groups in total. The highest BCUT2D eigenvalue weighted by atomic mass is 32.2. The van der Waals surface area contributed by atoms with Crippen molar-refractivity contribution >= 4 is 23.6 Å². The molecule has 0 aliphatic heterocycles. The van der Waals surface area contributed by atoms with E-state index in [1.807, 2.05) is 31.2 Å². The van der Waals surface area contributed by atoms with Crippen LogP contribution in [0.15, 0.2) is 24.3 Å². The number of benzene rings is 1. The lowest BCUT2D eigenvalue weighted by Gasteiger charge is -2.10. The van der Waals surface area contributed by atoms with Crippen LogP contribution in [0, 0.1) is 6.92 Å². The Labute approximate surface area is 111 Å². The normalized spacial score (nSPS) is 11.9. The average molecular weight is 267 g/mol. The largest absolute Gasteiger partial charge is 0.480 e. The molecule has 4 nitrogen and oxygen atoms in total. The maximum absolute atomic E-state index is 11.5. The van der Waals surface area contributed by atoms with Crippen LogP contribution in [-0.4, -0.2) is 28.8 Å². The number of carbonyl (C=O) groups excluding carboxylic acids is 1. The summed E-state index contributed by atoms with van der Waals surface area (Å²) in [4.78, 5) is 21.8. The lowest BCUT2D eigenvalue weighted by atomic mass is 10.2. The molecule has 0 aliphatic carbocycles. The topological polar surface area (TPSA) is 66.4 Å². The summed E-state index contributed by atoms with van der Waals surface area (Å²) >= 11 is 1.49. The zero-order valence-corrected chi connectivity index (χ0v) is 11.3. The first-order valence-electron chi connectivity index (χ1n) is 5.65. The highest BCUT2D eigenvalue weighted by Crippen LogP contribution is 2.18. The summed E-state index contributed by atoms with van der Waals surface area (Å²) in [7, 11) is 0. The van der Waals surface area contributed by atoms with Gasteiger partial charge in [0.2, 0.25) is 5.91 Å². The molecule has 0 saturated carbocycles. The molecule has 5 heteroatoms. The second kappa shape index (κ2) is 7.06. The third-order valence-corrected chi connectivity index (χ3v) is 3.62. The van der Waals surface area contributed by atoms with Crippen LogP contribution in [0.5, 0.6) is 0 Å². The van der Waals surface area contributed by atoms with Gasteiger partial charge in [-0.25, -0.2) is 0 Å². The minimum Gasteiger partial charge on any atom is -0.480 e. The SMILES string of the molecule is Cc1ccc(CSC(C)C(=O)NCC(=O)O)cc1. The molecule has 0 aromatic heterocycles. The third kappa shape index (κ3) is 5.23. The number of rotatable bonds is 6. The number of aliphatic carboxylic acids is 1. The molecule has 1 amide bonds. The van der Waals surface area contributed by atoms with Crippen molar-refractivity contribution in [3.8, 4) is 0 Å². The molecule has 98 valence electrons. The Bertz CT molecular complexity index is 417. The molecule has 1 aromatic rings. The Balaban J connectivity index is 2.36. The number of aryl methyl sites for hydroxylation is 1. The highest BCUT2D eigenvalue weighted by molar-refractivity contribution is 7.99. The fraction of sp³-hybridized carbons (Fsp3) is 0.385. The Hall–Kier alpha value is -1.49. The fourth-order valence-electron chi connectivity index (χ4n) is 1.29. The maximum Gasteiger partial charge on any atom is 0.322 e. The third-order valence-electron chi connectivity index (χ3n) is 2.40. The maximum atomic E-state index is 11.5. The molecule has 0 fully saturated rings. The standard InChI is InChI=1S/C13H17NO3S/c1-9-3-5-11(6-4-9)8-18-10(2)13(17)14-7-12(15)16/h3-6,10H,7-8H2,1-2H3,(H,14,17)(H,15,16). The van der Waals surface area contributed by atoms with E-state index in [0.29, 0.717) is 0 Å². The van der Waals surface area contributed by atoms with Crippen molar-refractivity contribution in [2.45, 2.75) is 24.9 Å².